The molecule has 0 aliphatic heterocycles. The lowest BCUT2D eigenvalue weighted by Crippen LogP contribution is -2.44. The van der Waals surface area contributed by atoms with Gasteiger partial charge in [0.25, 0.3) is 5.91 Å². The number of para-hydroxylation sites is 1. The van der Waals surface area contributed by atoms with Crippen LogP contribution in [0.15, 0.2) is 54.6 Å². The van der Waals surface area contributed by atoms with Crippen molar-refractivity contribution in [3.8, 4) is 16.9 Å². The molecule has 2 amide bonds. The molecule has 2 aromatic carbocycles. The van der Waals surface area contributed by atoms with E-state index in [0.29, 0.717) is 18.1 Å². The number of nitrogens with one attached hydrogen (secondary N) is 2. The van der Waals surface area contributed by atoms with Crippen molar-refractivity contribution in [2.75, 3.05) is 6.61 Å². The van der Waals surface area contributed by atoms with Gasteiger partial charge < -0.3 is 4.74 Å². The van der Waals surface area contributed by atoms with E-state index in [9.17, 15) is 9.59 Å². The predicted octanol–water partition coefficient (Wildman–Crippen LogP) is 3.71. The summed E-state index contributed by atoms with van der Waals surface area (Å²) in [6, 6.07) is 17.4. The first-order valence-electron chi connectivity index (χ1n) is 8.95. The quantitative estimate of drug-likeness (QED) is 0.710. The zero-order chi connectivity index (χ0) is 18.8. The van der Waals surface area contributed by atoms with E-state index in [0.717, 1.165) is 24.0 Å². The standard InChI is InChI=1S/C21H26N2O3/c1-3-9-16(2)14-20(24)22-23-21(25)15-26-19-13-8-7-12-18(19)17-10-5-4-6-11-17/h4-8,10-13,16H,3,9,14-15H2,1-2H3,(H,22,24)(H,23,25). The van der Waals surface area contributed by atoms with E-state index in [2.05, 4.69) is 17.8 Å². The number of rotatable bonds is 8. The number of amides is 2. The Morgan fingerprint density at radius 2 is 1.62 bits per heavy atom. The number of hydrogen-bond donors (Lipinski definition) is 2. The van der Waals surface area contributed by atoms with E-state index < -0.39 is 5.91 Å². The summed E-state index contributed by atoms with van der Waals surface area (Å²) in [5.74, 6) is 0.330. The zero-order valence-corrected chi connectivity index (χ0v) is 15.3. The van der Waals surface area contributed by atoms with E-state index in [1.807, 2.05) is 61.5 Å². The third-order valence-corrected chi connectivity index (χ3v) is 3.99. The number of carbonyl (C=O) groups excluding carboxylic acids is 2. The fraction of sp³-hybridized carbons (Fsp3) is 0.333. The lowest BCUT2D eigenvalue weighted by molar-refractivity contribution is -0.130. The van der Waals surface area contributed by atoms with E-state index >= 15 is 0 Å². The van der Waals surface area contributed by atoms with Crippen LogP contribution in [-0.2, 0) is 9.59 Å². The summed E-state index contributed by atoms with van der Waals surface area (Å²) in [4.78, 5) is 23.7. The molecular weight excluding hydrogens is 328 g/mol. The minimum atomic E-state index is -0.399. The highest BCUT2D eigenvalue weighted by molar-refractivity contribution is 5.83. The van der Waals surface area contributed by atoms with Crippen LogP contribution in [-0.4, -0.2) is 18.4 Å². The van der Waals surface area contributed by atoms with Crippen LogP contribution in [0.2, 0.25) is 0 Å². The highest BCUT2D eigenvalue weighted by Crippen LogP contribution is 2.29. The van der Waals surface area contributed by atoms with Crippen molar-refractivity contribution in [1.82, 2.24) is 10.9 Å². The summed E-state index contributed by atoms with van der Waals surface area (Å²) in [6.45, 7) is 3.93. The molecule has 0 saturated heterocycles. The van der Waals surface area contributed by atoms with Crippen molar-refractivity contribution >= 4 is 11.8 Å². The molecule has 0 aromatic heterocycles. The lowest BCUT2D eigenvalue weighted by Gasteiger charge is -2.13. The van der Waals surface area contributed by atoms with Gasteiger partial charge in [0.2, 0.25) is 5.91 Å². The van der Waals surface area contributed by atoms with Crippen LogP contribution in [0.3, 0.4) is 0 Å². The average molecular weight is 354 g/mol. The second kappa shape index (κ2) is 10.2. The van der Waals surface area contributed by atoms with Gasteiger partial charge >= 0.3 is 0 Å². The van der Waals surface area contributed by atoms with Crippen molar-refractivity contribution in [2.24, 2.45) is 5.92 Å². The van der Waals surface area contributed by atoms with Gasteiger partial charge in [0.15, 0.2) is 6.61 Å². The molecule has 0 aliphatic rings. The Morgan fingerprint density at radius 3 is 2.35 bits per heavy atom. The van der Waals surface area contributed by atoms with E-state index in [1.54, 1.807) is 0 Å². The van der Waals surface area contributed by atoms with Gasteiger partial charge in [-0.3, -0.25) is 20.4 Å². The van der Waals surface area contributed by atoms with Gasteiger partial charge in [-0.05, 0) is 17.5 Å². The summed E-state index contributed by atoms with van der Waals surface area (Å²) in [6.07, 6.45) is 2.42. The van der Waals surface area contributed by atoms with Gasteiger partial charge in [-0.2, -0.15) is 0 Å². The Kier molecular flexibility index (Phi) is 7.68. The number of carbonyl (C=O) groups is 2. The van der Waals surface area contributed by atoms with Crippen LogP contribution in [0.5, 0.6) is 5.75 Å². The van der Waals surface area contributed by atoms with Crippen molar-refractivity contribution in [2.45, 2.75) is 33.1 Å². The third kappa shape index (κ3) is 6.24. The summed E-state index contributed by atoms with van der Waals surface area (Å²) < 4.78 is 5.64. The SMILES string of the molecule is CCCC(C)CC(=O)NNC(=O)COc1ccccc1-c1ccccc1. The normalized spacial score (nSPS) is 11.5. The molecule has 0 spiro atoms. The topological polar surface area (TPSA) is 67.4 Å². The fourth-order valence-corrected chi connectivity index (χ4v) is 2.73. The van der Waals surface area contributed by atoms with Crippen LogP contribution >= 0.6 is 0 Å². The second-order valence-electron chi connectivity index (χ2n) is 6.35. The summed E-state index contributed by atoms with van der Waals surface area (Å²) in [7, 11) is 0. The van der Waals surface area contributed by atoms with E-state index in [-0.39, 0.29) is 12.5 Å². The molecule has 5 nitrogen and oxygen atoms in total. The average Bonchev–Trinajstić information content (AvgIpc) is 2.66. The molecule has 0 aliphatic carbocycles. The summed E-state index contributed by atoms with van der Waals surface area (Å²) >= 11 is 0. The Labute approximate surface area is 154 Å². The number of ether oxygens (including phenoxy) is 1. The Hall–Kier alpha value is -2.82. The van der Waals surface area contributed by atoms with Crippen LogP contribution < -0.4 is 15.6 Å². The van der Waals surface area contributed by atoms with Crippen LogP contribution in [0.1, 0.15) is 33.1 Å². The van der Waals surface area contributed by atoms with Crippen molar-refractivity contribution in [3.63, 3.8) is 0 Å². The lowest BCUT2D eigenvalue weighted by atomic mass is 10.0. The number of hydrogen-bond acceptors (Lipinski definition) is 3. The molecule has 138 valence electrons. The molecule has 2 N–H and O–H groups in total. The van der Waals surface area contributed by atoms with Gasteiger partial charge in [-0.25, -0.2) is 0 Å². The molecule has 26 heavy (non-hydrogen) atoms. The molecule has 2 aromatic rings. The van der Waals surface area contributed by atoms with Crippen LogP contribution in [0, 0.1) is 5.92 Å². The number of hydrazine groups is 1. The maximum atomic E-state index is 11.9. The number of benzene rings is 2. The molecule has 1 unspecified atom stereocenters. The van der Waals surface area contributed by atoms with Crippen LogP contribution in [0.25, 0.3) is 11.1 Å². The van der Waals surface area contributed by atoms with Crippen molar-refractivity contribution in [3.05, 3.63) is 54.6 Å². The highest BCUT2D eigenvalue weighted by Gasteiger charge is 2.11. The monoisotopic (exact) mass is 354 g/mol. The molecule has 0 heterocycles. The Morgan fingerprint density at radius 1 is 0.962 bits per heavy atom. The Bertz CT molecular complexity index is 716. The summed E-state index contributed by atoms with van der Waals surface area (Å²) in [5, 5.41) is 0. The maximum Gasteiger partial charge on any atom is 0.276 e. The van der Waals surface area contributed by atoms with Gasteiger partial charge in [-0.15, -0.1) is 0 Å². The Balaban J connectivity index is 1.84. The molecule has 0 radical (unpaired) electrons. The predicted molar refractivity (Wildman–Crippen MR) is 102 cm³/mol. The smallest absolute Gasteiger partial charge is 0.276 e. The third-order valence-electron chi connectivity index (χ3n) is 3.99. The van der Waals surface area contributed by atoms with Crippen molar-refractivity contribution < 1.29 is 14.3 Å². The first-order chi connectivity index (χ1) is 12.6. The maximum absolute atomic E-state index is 11.9. The molecule has 0 fully saturated rings. The zero-order valence-electron chi connectivity index (χ0n) is 15.3. The minimum absolute atomic E-state index is 0.172. The highest BCUT2D eigenvalue weighted by atomic mass is 16.5. The van der Waals surface area contributed by atoms with Crippen molar-refractivity contribution in [1.29, 1.82) is 0 Å². The van der Waals surface area contributed by atoms with Gasteiger partial charge in [-0.1, -0.05) is 75.2 Å². The van der Waals surface area contributed by atoms with E-state index in [4.69, 9.17) is 4.74 Å². The largest absolute Gasteiger partial charge is 0.483 e. The molecule has 2 rings (SSSR count). The van der Waals surface area contributed by atoms with Crippen LogP contribution in [0.4, 0.5) is 0 Å². The first-order valence-corrected chi connectivity index (χ1v) is 8.95. The fourth-order valence-electron chi connectivity index (χ4n) is 2.73. The molecular formula is C21H26N2O3. The molecule has 0 bridgehead atoms. The van der Waals surface area contributed by atoms with Gasteiger partial charge in [0.05, 0.1) is 0 Å². The molecule has 5 heteroatoms. The first kappa shape index (κ1) is 19.5. The van der Waals surface area contributed by atoms with Gasteiger partial charge in [0, 0.05) is 12.0 Å². The summed E-state index contributed by atoms with van der Waals surface area (Å²) in [5.41, 5.74) is 6.76. The minimum Gasteiger partial charge on any atom is -0.483 e. The second-order valence-corrected chi connectivity index (χ2v) is 6.35. The van der Waals surface area contributed by atoms with E-state index in [1.165, 1.54) is 0 Å². The van der Waals surface area contributed by atoms with Gasteiger partial charge in [0.1, 0.15) is 5.75 Å². The molecule has 1 atom stereocenters. The molecule has 0 saturated carbocycles.